The van der Waals surface area contributed by atoms with Gasteiger partial charge < -0.3 is 9.72 Å². The Labute approximate surface area is 138 Å². The van der Waals surface area contributed by atoms with Gasteiger partial charge in [0.1, 0.15) is 5.75 Å². The number of hydrogen-bond acceptors (Lipinski definition) is 3. The van der Waals surface area contributed by atoms with Crippen LogP contribution in [0.4, 0.5) is 0 Å². The van der Waals surface area contributed by atoms with Gasteiger partial charge in [0.05, 0.1) is 0 Å². The van der Waals surface area contributed by atoms with E-state index in [-0.39, 0.29) is 5.97 Å². The lowest BCUT2D eigenvalue weighted by atomic mass is 10.1. The highest BCUT2D eigenvalue weighted by Gasteiger charge is 2.14. The van der Waals surface area contributed by atoms with Gasteiger partial charge in [-0.15, -0.1) is 6.58 Å². The smallest absolute Gasteiger partial charge is 0.308 e. The van der Waals surface area contributed by atoms with E-state index in [9.17, 15) is 4.79 Å². The van der Waals surface area contributed by atoms with Gasteiger partial charge in [0.15, 0.2) is 0 Å². The number of carbonyl (C=O) groups is 1. The molecule has 0 saturated carbocycles. The Balaban J connectivity index is 2.22. The highest BCUT2D eigenvalue weighted by atomic mass is 16.5. The van der Waals surface area contributed by atoms with Crippen molar-refractivity contribution in [1.29, 1.82) is 0 Å². The third-order valence-electron chi connectivity index (χ3n) is 4.25. The number of rotatable bonds is 8. The summed E-state index contributed by atoms with van der Waals surface area (Å²) < 4.78 is 5.36. The van der Waals surface area contributed by atoms with Crippen LogP contribution in [0.2, 0.25) is 0 Å². The predicted molar refractivity (Wildman–Crippen MR) is 94.8 cm³/mol. The molecule has 2 aromatic rings. The molecule has 0 aliphatic carbocycles. The molecule has 0 saturated heterocycles. The number of esters is 1. The number of benzene rings is 1. The Morgan fingerprint density at radius 3 is 2.91 bits per heavy atom. The van der Waals surface area contributed by atoms with Crippen LogP contribution >= 0.6 is 0 Å². The Hall–Kier alpha value is -2.07. The largest absolute Gasteiger partial charge is 0.426 e. The quantitative estimate of drug-likeness (QED) is 0.456. The van der Waals surface area contributed by atoms with E-state index in [1.165, 1.54) is 12.5 Å². The van der Waals surface area contributed by atoms with Crippen molar-refractivity contribution in [2.24, 2.45) is 0 Å². The Kier molecular flexibility index (Phi) is 5.99. The average molecular weight is 314 g/mol. The summed E-state index contributed by atoms with van der Waals surface area (Å²) in [6.07, 6.45) is 5.98. The minimum atomic E-state index is -0.294. The lowest BCUT2D eigenvalue weighted by molar-refractivity contribution is -0.131. The molecule has 0 fully saturated rings. The average Bonchev–Trinajstić information content (AvgIpc) is 2.94. The summed E-state index contributed by atoms with van der Waals surface area (Å²) in [5.74, 6) is 0.336. The topological polar surface area (TPSA) is 45.3 Å². The number of fused-ring (bicyclic) bond motifs is 1. The van der Waals surface area contributed by atoms with Gasteiger partial charge in [-0.3, -0.25) is 9.69 Å². The van der Waals surface area contributed by atoms with E-state index in [0.29, 0.717) is 11.8 Å². The normalized spacial score (nSPS) is 12.5. The molecule has 1 aromatic heterocycles. The van der Waals surface area contributed by atoms with Crippen LogP contribution in [0.25, 0.3) is 10.9 Å². The van der Waals surface area contributed by atoms with Gasteiger partial charge in [-0.05, 0) is 37.5 Å². The third kappa shape index (κ3) is 4.23. The van der Waals surface area contributed by atoms with Crippen molar-refractivity contribution in [1.82, 2.24) is 9.88 Å². The van der Waals surface area contributed by atoms with Crippen LogP contribution < -0.4 is 4.74 Å². The zero-order chi connectivity index (χ0) is 16.8. The summed E-state index contributed by atoms with van der Waals surface area (Å²) in [7, 11) is 0. The second-order valence-corrected chi connectivity index (χ2v) is 5.88. The first-order valence-corrected chi connectivity index (χ1v) is 8.19. The van der Waals surface area contributed by atoms with Crippen LogP contribution in [0.3, 0.4) is 0 Å². The number of nitrogens with zero attached hydrogens (tertiary/aromatic N) is 1. The monoisotopic (exact) mass is 314 g/mol. The molecule has 2 rings (SSSR count). The minimum absolute atomic E-state index is 0.294. The highest BCUT2D eigenvalue weighted by molar-refractivity contribution is 5.91. The zero-order valence-corrected chi connectivity index (χ0v) is 14.3. The van der Waals surface area contributed by atoms with E-state index in [1.54, 1.807) is 0 Å². The van der Waals surface area contributed by atoms with Crippen LogP contribution in [-0.4, -0.2) is 35.0 Å². The summed E-state index contributed by atoms with van der Waals surface area (Å²) >= 11 is 0. The van der Waals surface area contributed by atoms with Crippen molar-refractivity contribution in [3.8, 4) is 5.75 Å². The fraction of sp³-hybridized carbons (Fsp3) is 0.421. The van der Waals surface area contributed by atoms with Crippen LogP contribution in [0.1, 0.15) is 32.8 Å². The third-order valence-corrected chi connectivity index (χ3v) is 4.25. The molecule has 124 valence electrons. The number of nitrogens with one attached hydrogen (secondary N) is 1. The molecule has 23 heavy (non-hydrogen) atoms. The molecule has 0 amide bonds. The van der Waals surface area contributed by atoms with E-state index >= 15 is 0 Å². The number of aromatic nitrogens is 1. The van der Waals surface area contributed by atoms with E-state index in [0.717, 1.165) is 36.8 Å². The maximum absolute atomic E-state index is 11.3. The van der Waals surface area contributed by atoms with Gasteiger partial charge in [-0.1, -0.05) is 19.1 Å². The van der Waals surface area contributed by atoms with Crippen molar-refractivity contribution in [3.05, 3.63) is 42.6 Å². The summed E-state index contributed by atoms with van der Waals surface area (Å²) in [5, 5.41) is 1.01. The molecule has 0 spiro atoms. The van der Waals surface area contributed by atoms with Crippen LogP contribution in [-0.2, 0) is 11.2 Å². The van der Waals surface area contributed by atoms with Gasteiger partial charge in [0.2, 0.25) is 0 Å². The zero-order valence-electron chi connectivity index (χ0n) is 14.3. The first kappa shape index (κ1) is 17.3. The Bertz CT molecular complexity index is 675. The van der Waals surface area contributed by atoms with Gasteiger partial charge in [0.25, 0.3) is 0 Å². The van der Waals surface area contributed by atoms with E-state index in [4.69, 9.17) is 4.74 Å². The minimum Gasteiger partial charge on any atom is -0.426 e. The molecule has 0 bridgehead atoms. The van der Waals surface area contributed by atoms with Crippen LogP contribution in [0, 0.1) is 0 Å². The number of carbonyl (C=O) groups excluding carboxylic acids is 1. The summed E-state index contributed by atoms with van der Waals surface area (Å²) in [5.41, 5.74) is 2.17. The number of aromatic amines is 1. The maximum Gasteiger partial charge on any atom is 0.308 e. The van der Waals surface area contributed by atoms with E-state index < -0.39 is 0 Å². The maximum atomic E-state index is 11.3. The van der Waals surface area contributed by atoms with Crippen LogP contribution in [0.5, 0.6) is 5.75 Å². The lowest BCUT2D eigenvalue weighted by Crippen LogP contribution is -2.34. The molecule has 0 aliphatic heterocycles. The molecular weight excluding hydrogens is 288 g/mol. The van der Waals surface area contributed by atoms with Gasteiger partial charge in [0, 0.05) is 43.2 Å². The first-order valence-electron chi connectivity index (χ1n) is 8.19. The molecule has 1 heterocycles. The van der Waals surface area contributed by atoms with Crippen molar-refractivity contribution < 1.29 is 9.53 Å². The predicted octanol–water partition coefficient (Wildman–Crippen LogP) is 3.92. The van der Waals surface area contributed by atoms with Crippen molar-refractivity contribution in [2.45, 2.75) is 39.7 Å². The Morgan fingerprint density at radius 2 is 2.26 bits per heavy atom. The number of H-pyrrole nitrogens is 1. The lowest BCUT2D eigenvalue weighted by Gasteiger charge is -2.27. The van der Waals surface area contributed by atoms with E-state index in [1.807, 2.05) is 30.5 Å². The first-order chi connectivity index (χ1) is 11.1. The molecule has 4 heteroatoms. The second kappa shape index (κ2) is 7.97. The molecule has 4 nitrogen and oxygen atoms in total. The summed E-state index contributed by atoms with van der Waals surface area (Å²) in [6.45, 7) is 11.6. The van der Waals surface area contributed by atoms with Gasteiger partial charge in [-0.2, -0.15) is 0 Å². The molecular formula is C19H26N2O2. The fourth-order valence-electron chi connectivity index (χ4n) is 2.84. The van der Waals surface area contributed by atoms with Crippen LogP contribution in [0.15, 0.2) is 37.1 Å². The van der Waals surface area contributed by atoms with Crippen molar-refractivity contribution in [3.63, 3.8) is 0 Å². The molecule has 1 atom stereocenters. The highest BCUT2D eigenvalue weighted by Crippen LogP contribution is 2.29. The molecule has 0 radical (unpaired) electrons. The molecule has 0 aliphatic rings. The number of hydrogen-bond donors (Lipinski definition) is 1. The standard InChI is InChI=1S/C19H26N2O2/c1-5-11-21(14(3)6-2)12-10-16-13-20-17-8-7-9-18(19(16)17)23-15(4)22/h5,7-9,13-14,20H,1,6,10-12H2,2-4H3. The Morgan fingerprint density at radius 1 is 1.48 bits per heavy atom. The van der Waals surface area contributed by atoms with E-state index in [2.05, 4.69) is 30.3 Å². The number of ether oxygens (including phenoxy) is 1. The SMILES string of the molecule is C=CCN(CCc1c[nH]c2cccc(OC(C)=O)c12)C(C)CC. The van der Waals surface area contributed by atoms with Crippen molar-refractivity contribution >= 4 is 16.9 Å². The second-order valence-electron chi connectivity index (χ2n) is 5.88. The summed E-state index contributed by atoms with van der Waals surface area (Å²) in [6, 6.07) is 6.26. The van der Waals surface area contributed by atoms with Crippen molar-refractivity contribution in [2.75, 3.05) is 13.1 Å². The fourth-order valence-corrected chi connectivity index (χ4v) is 2.84. The molecule has 1 unspecified atom stereocenters. The van der Waals surface area contributed by atoms with Gasteiger partial charge in [-0.25, -0.2) is 0 Å². The van der Waals surface area contributed by atoms with Gasteiger partial charge >= 0.3 is 5.97 Å². The molecule has 1 aromatic carbocycles. The summed E-state index contributed by atoms with van der Waals surface area (Å²) in [4.78, 5) is 17.0. The molecule has 1 N–H and O–H groups in total.